The van der Waals surface area contributed by atoms with Crippen LogP contribution < -0.4 is 5.32 Å². The standard InChI is InChI=1S/C19H23N3O3S/c1-25-19(24)16-15(21-17(23)12-5-6-12)14-8-7-13(20-18(14)26-16)11-22-9-3-2-4-10-22/h7-8,12H,2-6,9-11H2,1H3,(H,21,23). The van der Waals surface area contributed by atoms with Gasteiger partial charge in [0.05, 0.1) is 18.5 Å². The van der Waals surface area contributed by atoms with E-state index < -0.39 is 5.97 Å². The molecule has 0 bridgehead atoms. The van der Waals surface area contributed by atoms with E-state index in [0.717, 1.165) is 48.4 Å². The van der Waals surface area contributed by atoms with Crippen LogP contribution >= 0.6 is 11.3 Å². The number of hydrogen-bond donors (Lipinski definition) is 1. The molecule has 138 valence electrons. The van der Waals surface area contributed by atoms with Crippen LogP contribution in [0.5, 0.6) is 0 Å². The van der Waals surface area contributed by atoms with Gasteiger partial charge in [0.1, 0.15) is 9.71 Å². The van der Waals surface area contributed by atoms with Crippen molar-refractivity contribution in [3.05, 3.63) is 22.7 Å². The number of likely N-dealkylation sites (tertiary alicyclic amines) is 1. The van der Waals surface area contributed by atoms with E-state index in [1.54, 1.807) is 0 Å². The van der Waals surface area contributed by atoms with Crippen LogP contribution in [0.15, 0.2) is 12.1 Å². The van der Waals surface area contributed by atoms with Crippen molar-refractivity contribution in [2.75, 3.05) is 25.5 Å². The number of aromatic nitrogens is 1. The summed E-state index contributed by atoms with van der Waals surface area (Å²) in [5.74, 6) is -0.384. The zero-order chi connectivity index (χ0) is 18.1. The molecule has 0 unspecified atom stereocenters. The molecule has 2 aromatic heterocycles. The summed E-state index contributed by atoms with van der Waals surface area (Å²) in [4.78, 5) is 32.8. The molecule has 0 atom stereocenters. The summed E-state index contributed by atoms with van der Waals surface area (Å²) in [7, 11) is 1.36. The van der Waals surface area contributed by atoms with Gasteiger partial charge in [-0.15, -0.1) is 11.3 Å². The van der Waals surface area contributed by atoms with Crippen molar-refractivity contribution in [3.63, 3.8) is 0 Å². The Labute approximate surface area is 156 Å². The van der Waals surface area contributed by atoms with Crippen molar-refractivity contribution >= 4 is 39.1 Å². The minimum Gasteiger partial charge on any atom is -0.465 e. The molecule has 6 nitrogen and oxygen atoms in total. The first-order valence-corrected chi connectivity index (χ1v) is 10.0. The van der Waals surface area contributed by atoms with Gasteiger partial charge >= 0.3 is 5.97 Å². The summed E-state index contributed by atoms with van der Waals surface area (Å²) in [6.45, 7) is 3.05. The zero-order valence-electron chi connectivity index (χ0n) is 14.9. The Morgan fingerprint density at radius 1 is 1.27 bits per heavy atom. The van der Waals surface area contributed by atoms with Gasteiger partial charge in [0.15, 0.2) is 0 Å². The summed E-state index contributed by atoms with van der Waals surface area (Å²) < 4.78 is 4.90. The molecule has 0 spiro atoms. The minimum absolute atomic E-state index is 0.0211. The summed E-state index contributed by atoms with van der Waals surface area (Å²) in [6.07, 6.45) is 5.62. The van der Waals surface area contributed by atoms with Gasteiger partial charge in [-0.1, -0.05) is 6.42 Å². The number of carbonyl (C=O) groups excluding carboxylic acids is 2. The van der Waals surface area contributed by atoms with Crippen molar-refractivity contribution in [2.45, 2.75) is 38.6 Å². The maximum atomic E-state index is 12.2. The lowest BCUT2D eigenvalue weighted by atomic mass is 10.1. The Hall–Kier alpha value is -1.99. The van der Waals surface area contributed by atoms with Crippen LogP contribution in [-0.2, 0) is 16.1 Å². The molecule has 1 amide bonds. The van der Waals surface area contributed by atoms with Gasteiger partial charge in [-0.25, -0.2) is 9.78 Å². The number of amides is 1. The average molecular weight is 373 g/mol. The third kappa shape index (κ3) is 3.59. The SMILES string of the molecule is COC(=O)c1sc2nc(CN3CCCCC3)ccc2c1NC(=O)C1CC1. The molecule has 2 aromatic rings. The van der Waals surface area contributed by atoms with Crippen LogP contribution in [-0.4, -0.2) is 42.0 Å². The summed E-state index contributed by atoms with van der Waals surface area (Å²) in [5.41, 5.74) is 1.54. The van der Waals surface area contributed by atoms with Crippen LogP contribution in [0.2, 0.25) is 0 Å². The second kappa shape index (κ2) is 7.32. The topological polar surface area (TPSA) is 71.5 Å². The van der Waals surface area contributed by atoms with E-state index >= 15 is 0 Å². The largest absolute Gasteiger partial charge is 0.465 e. The highest BCUT2D eigenvalue weighted by Gasteiger charge is 2.31. The van der Waals surface area contributed by atoms with Gasteiger partial charge < -0.3 is 10.1 Å². The van der Waals surface area contributed by atoms with Crippen molar-refractivity contribution in [3.8, 4) is 0 Å². The maximum absolute atomic E-state index is 12.2. The minimum atomic E-state index is -0.434. The Morgan fingerprint density at radius 2 is 2.04 bits per heavy atom. The van der Waals surface area contributed by atoms with Crippen molar-refractivity contribution < 1.29 is 14.3 Å². The van der Waals surface area contributed by atoms with Gasteiger partial charge in [-0.3, -0.25) is 9.69 Å². The molecule has 2 aliphatic rings. The highest BCUT2D eigenvalue weighted by molar-refractivity contribution is 7.21. The molecule has 1 aliphatic carbocycles. The smallest absolute Gasteiger partial charge is 0.350 e. The van der Waals surface area contributed by atoms with Crippen molar-refractivity contribution in [1.82, 2.24) is 9.88 Å². The van der Waals surface area contributed by atoms with Gasteiger partial charge in [0, 0.05) is 17.8 Å². The molecule has 1 saturated heterocycles. The lowest BCUT2D eigenvalue weighted by Gasteiger charge is -2.25. The molecule has 7 heteroatoms. The van der Waals surface area contributed by atoms with Crippen LogP contribution in [0.4, 0.5) is 5.69 Å². The molecular weight excluding hydrogens is 350 g/mol. The van der Waals surface area contributed by atoms with Gasteiger partial charge in [-0.2, -0.15) is 0 Å². The average Bonchev–Trinajstić information content (AvgIpc) is 3.45. The number of esters is 1. The van der Waals surface area contributed by atoms with Crippen LogP contribution in [0.3, 0.4) is 0 Å². The van der Waals surface area contributed by atoms with Gasteiger partial charge in [-0.05, 0) is 50.9 Å². The second-order valence-electron chi connectivity index (χ2n) is 7.05. The fourth-order valence-electron chi connectivity index (χ4n) is 3.38. The first-order chi connectivity index (χ1) is 12.7. The highest BCUT2D eigenvalue weighted by atomic mass is 32.1. The van der Waals surface area contributed by atoms with Gasteiger partial charge in [0.2, 0.25) is 5.91 Å². The number of nitrogens with zero attached hydrogens (tertiary/aromatic N) is 2. The lowest BCUT2D eigenvalue weighted by Crippen LogP contribution is -2.29. The molecule has 4 rings (SSSR count). The summed E-state index contributed by atoms with van der Waals surface area (Å²) >= 11 is 1.29. The Balaban J connectivity index is 1.64. The number of methoxy groups -OCH3 is 1. The zero-order valence-corrected chi connectivity index (χ0v) is 15.7. The van der Waals surface area contributed by atoms with E-state index in [2.05, 4.69) is 10.2 Å². The van der Waals surface area contributed by atoms with Crippen LogP contribution in [0, 0.1) is 5.92 Å². The van der Waals surface area contributed by atoms with E-state index in [9.17, 15) is 9.59 Å². The fraction of sp³-hybridized carbons (Fsp3) is 0.526. The highest BCUT2D eigenvalue weighted by Crippen LogP contribution is 2.38. The predicted molar refractivity (Wildman–Crippen MR) is 101 cm³/mol. The first-order valence-electron chi connectivity index (χ1n) is 9.19. The van der Waals surface area contributed by atoms with Crippen LogP contribution in [0.1, 0.15) is 47.5 Å². The second-order valence-corrected chi connectivity index (χ2v) is 8.05. The van der Waals surface area contributed by atoms with Crippen LogP contribution in [0.25, 0.3) is 10.2 Å². The molecule has 26 heavy (non-hydrogen) atoms. The number of hydrogen-bond acceptors (Lipinski definition) is 6. The number of nitrogens with one attached hydrogen (secondary N) is 1. The maximum Gasteiger partial charge on any atom is 0.350 e. The molecule has 1 N–H and O–H groups in total. The number of pyridine rings is 1. The molecule has 3 heterocycles. The predicted octanol–water partition coefficient (Wildman–Crippen LogP) is 3.42. The van der Waals surface area contributed by atoms with E-state index in [1.807, 2.05) is 12.1 Å². The number of thiophene rings is 1. The normalized spacial score (nSPS) is 18.0. The molecule has 1 saturated carbocycles. The number of anilines is 1. The number of ether oxygens (including phenoxy) is 1. The summed E-state index contributed by atoms with van der Waals surface area (Å²) in [5, 5.41) is 3.74. The number of fused-ring (bicyclic) bond motifs is 1. The monoisotopic (exact) mass is 373 g/mol. The van der Waals surface area contributed by atoms with E-state index in [-0.39, 0.29) is 11.8 Å². The Kier molecular flexibility index (Phi) is 4.91. The van der Waals surface area contributed by atoms with E-state index in [1.165, 1.54) is 37.7 Å². The fourth-order valence-corrected chi connectivity index (χ4v) is 4.45. The third-order valence-electron chi connectivity index (χ3n) is 5.01. The van der Waals surface area contributed by atoms with E-state index in [0.29, 0.717) is 10.6 Å². The van der Waals surface area contributed by atoms with Crippen molar-refractivity contribution in [2.24, 2.45) is 5.92 Å². The quantitative estimate of drug-likeness (QED) is 0.813. The molecule has 0 radical (unpaired) electrons. The van der Waals surface area contributed by atoms with Gasteiger partial charge in [0.25, 0.3) is 0 Å². The summed E-state index contributed by atoms with van der Waals surface area (Å²) in [6, 6.07) is 3.96. The molecule has 2 fully saturated rings. The number of carbonyl (C=O) groups is 2. The number of rotatable bonds is 5. The molecule has 1 aliphatic heterocycles. The molecular formula is C19H23N3O3S. The molecule has 0 aromatic carbocycles. The Morgan fingerprint density at radius 3 is 2.73 bits per heavy atom. The van der Waals surface area contributed by atoms with Crippen molar-refractivity contribution in [1.29, 1.82) is 0 Å². The first kappa shape index (κ1) is 17.4. The van der Waals surface area contributed by atoms with E-state index in [4.69, 9.17) is 9.72 Å². The Bertz CT molecular complexity index is 838. The third-order valence-corrected chi connectivity index (χ3v) is 6.09. The number of piperidine rings is 1. The lowest BCUT2D eigenvalue weighted by molar-refractivity contribution is -0.117.